The fourth-order valence-corrected chi connectivity index (χ4v) is 3.95. The van der Waals surface area contributed by atoms with Crippen molar-refractivity contribution in [2.45, 2.75) is 18.6 Å². The van der Waals surface area contributed by atoms with Gasteiger partial charge in [-0.15, -0.1) is 0 Å². The van der Waals surface area contributed by atoms with Gasteiger partial charge < -0.3 is 14.8 Å². The molecular weight excluding hydrogens is 393 g/mol. The lowest BCUT2D eigenvalue weighted by atomic mass is 9.94. The van der Waals surface area contributed by atoms with Gasteiger partial charge in [0.25, 0.3) is 0 Å². The maximum atomic E-state index is 13.3. The molecule has 4 rings (SSSR count). The molecule has 4 nitrogen and oxygen atoms in total. The molecule has 8 heteroatoms. The molecular formula is C20H20ClF3N2O2. The molecule has 1 fully saturated rings. The van der Waals surface area contributed by atoms with Crippen LogP contribution in [0.25, 0.3) is 0 Å². The molecule has 2 aromatic rings. The van der Waals surface area contributed by atoms with Crippen molar-refractivity contribution in [1.29, 1.82) is 0 Å². The Hall–Kier alpha value is -1.96. The summed E-state index contributed by atoms with van der Waals surface area (Å²) in [5, 5.41) is 3.64. The van der Waals surface area contributed by atoms with Crippen molar-refractivity contribution in [3.05, 3.63) is 58.1 Å². The zero-order valence-corrected chi connectivity index (χ0v) is 15.8. The van der Waals surface area contributed by atoms with E-state index in [4.69, 9.17) is 21.1 Å². The molecule has 0 radical (unpaired) electrons. The molecule has 0 amide bonds. The van der Waals surface area contributed by atoms with Gasteiger partial charge in [0, 0.05) is 24.7 Å². The minimum atomic E-state index is -4.43. The number of halogens is 4. The monoisotopic (exact) mass is 412 g/mol. The lowest BCUT2D eigenvalue weighted by molar-refractivity contribution is -0.137. The van der Waals surface area contributed by atoms with E-state index in [9.17, 15) is 13.2 Å². The third-order valence-electron chi connectivity index (χ3n) is 5.07. The summed E-state index contributed by atoms with van der Waals surface area (Å²) in [6, 6.07) is 8.60. The van der Waals surface area contributed by atoms with Gasteiger partial charge in [0.05, 0.1) is 11.6 Å². The summed E-state index contributed by atoms with van der Waals surface area (Å²) in [6.07, 6.45) is -3.53. The first-order valence-electron chi connectivity index (χ1n) is 9.14. The van der Waals surface area contributed by atoms with Gasteiger partial charge in [0.2, 0.25) is 6.79 Å². The highest BCUT2D eigenvalue weighted by atomic mass is 35.5. The number of hydrogen-bond donors (Lipinski definition) is 1. The highest BCUT2D eigenvalue weighted by molar-refractivity contribution is 6.31. The number of benzene rings is 2. The molecule has 1 N–H and O–H groups in total. The summed E-state index contributed by atoms with van der Waals surface area (Å²) in [7, 11) is 0. The van der Waals surface area contributed by atoms with Crippen molar-refractivity contribution in [2.24, 2.45) is 0 Å². The quantitative estimate of drug-likeness (QED) is 0.806. The number of nitrogens with zero attached hydrogens (tertiary/aromatic N) is 1. The first-order chi connectivity index (χ1) is 13.4. The normalized spacial score (nSPS) is 18.7. The summed E-state index contributed by atoms with van der Waals surface area (Å²) in [5.74, 6) is 1.23. The van der Waals surface area contributed by atoms with Crippen LogP contribution in [0.4, 0.5) is 13.2 Å². The molecule has 1 saturated heterocycles. The van der Waals surface area contributed by atoms with Gasteiger partial charge in [-0.3, -0.25) is 4.90 Å². The van der Waals surface area contributed by atoms with Crippen LogP contribution in [0, 0.1) is 0 Å². The second kappa shape index (κ2) is 7.81. The van der Waals surface area contributed by atoms with Crippen LogP contribution in [0.5, 0.6) is 11.5 Å². The van der Waals surface area contributed by atoms with E-state index in [-0.39, 0.29) is 6.79 Å². The van der Waals surface area contributed by atoms with E-state index in [1.54, 1.807) is 6.07 Å². The average molecular weight is 413 g/mol. The Bertz CT molecular complexity index is 852. The highest BCUT2D eigenvalue weighted by Crippen LogP contribution is 2.41. The van der Waals surface area contributed by atoms with Crippen LogP contribution >= 0.6 is 11.6 Å². The highest BCUT2D eigenvalue weighted by Gasteiger charge is 2.33. The van der Waals surface area contributed by atoms with Gasteiger partial charge in [0.1, 0.15) is 0 Å². The van der Waals surface area contributed by atoms with Crippen molar-refractivity contribution in [3.63, 3.8) is 0 Å². The van der Waals surface area contributed by atoms with E-state index in [1.807, 2.05) is 12.1 Å². The van der Waals surface area contributed by atoms with Crippen LogP contribution in [0.15, 0.2) is 36.4 Å². The van der Waals surface area contributed by atoms with Crippen LogP contribution < -0.4 is 14.8 Å². The molecule has 1 unspecified atom stereocenters. The van der Waals surface area contributed by atoms with Crippen molar-refractivity contribution >= 4 is 11.6 Å². The third kappa shape index (κ3) is 3.92. The smallest absolute Gasteiger partial charge is 0.416 e. The summed E-state index contributed by atoms with van der Waals surface area (Å²) in [5.41, 5.74) is 0.565. The molecule has 0 spiro atoms. The molecule has 0 bridgehead atoms. The molecule has 0 saturated carbocycles. The van der Waals surface area contributed by atoms with Gasteiger partial charge >= 0.3 is 6.18 Å². The molecule has 1 atom stereocenters. The Morgan fingerprint density at radius 3 is 2.64 bits per heavy atom. The van der Waals surface area contributed by atoms with Gasteiger partial charge in [-0.2, -0.15) is 13.2 Å². The van der Waals surface area contributed by atoms with E-state index in [0.29, 0.717) is 28.6 Å². The largest absolute Gasteiger partial charge is 0.454 e. The number of nitrogens with one attached hydrogen (secondary N) is 1. The molecule has 2 aliphatic heterocycles. The Morgan fingerprint density at radius 1 is 1.00 bits per heavy atom. The van der Waals surface area contributed by atoms with E-state index in [2.05, 4.69) is 10.2 Å². The molecule has 150 valence electrons. The number of alkyl halides is 3. The van der Waals surface area contributed by atoms with E-state index in [1.165, 1.54) is 6.07 Å². The number of hydrogen-bond acceptors (Lipinski definition) is 4. The first kappa shape index (κ1) is 19.4. The van der Waals surface area contributed by atoms with Crippen molar-refractivity contribution in [3.8, 4) is 11.5 Å². The Labute approximate surface area is 166 Å². The second-order valence-electron chi connectivity index (χ2n) is 6.89. The molecule has 2 aromatic carbocycles. The lowest BCUT2D eigenvalue weighted by Gasteiger charge is -2.32. The Morgan fingerprint density at radius 2 is 1.82 bits per heavy atom. The van der Waals surface area contributed by atoms with Crippen molar-refractivity contribution < 1.29 is 22.6 Å². The zero-order valence-electron chi connectivity index (χ0n) is 15.1. The van der Waals surface area contributed by atoms with Gasteiger partial charge in [0.15, 0.2) is 11.5 Å². The molecule has 2 aliphatic rings. The Balaban J connectivity index is 1.81. The van der Waals surface area contributed by atoms with E-state index < -0.39 is 17.8 Å². The second-order valence-corrected chi connectivity index (χ2v) is 7.30. The Kier molecular flexibility index (Phi) is 5.40. The van der Waals surface area contributed by atoms with Crippen molar-refractivity contribution in [1.82, 2.24) is 10.2 Å². The summed E-state index contributed by atoms with van der Waals surface area (Å²) < 4.78 is 50.9. The average Bonchev–Trinajstić information content (AvgIpc) is 2.96. The first-order valence-corrected chi connectivity index (χ1v) is 9.52. The van der Waals surface area contributed by atoms with Crippen LogP contribution in [0.3, 0.4) is 0 Å². The van der Waals surface area contributed by atoms with Crippen LogP contribution in [0.1, 0.15) is 29.2 Å². The third-order valence-corrected chi connectivity index (χ3v) is 5.41. The fraction of sp³-hybridized carbons (Fsp3) is 0.400. The van der Waals surface area contributed by atoms with Gasteiger partial charge in [-0.25, -0.2) is 0 Å². The number of ether oxygens (including phenoxy) is 2. The van der Waals surface area contributed by atoms with Crippen LogP contribution in [-0.2, 0) is 6.18 Å². The SMILES string of the molecule is FC(F)(F)c1ccc(Cl)c(C(c2ccc3c(c2)OCO3)N2CCCNCC2)c1. The number of fused-ring (bicyclic) bond motifs is 1. The lowest BCUT2D eigenvalue weighted by Crippen LogP contribution is -2.33. The zero-order chi connectivity index (χ0) is 19.7. The predicted molar refractivity (Wildman–Crippen MR) is 99.9 cm³/mol. The van der Waals surface area contributed by atoms with Crippen LogP contribution in [0.2, 0.25) is 5.02 Å². The molecule has 0 aliphatic carbocycles. The maximum Gasteiger partial charge on any atom is 0.416 e. The van der Waals surface area contributed by atoms with Crippen molar-refractivity contribution in [2.75, 3.05) is 33.0 Å². The minimum Gasteiger partial charge on any atom is -0.454 e. The number of rotatable bonds is 3. The topological polar surface area (TPSA) is 33.7 Å². The maximum absolute atomic E-state index is 13.3. The van der Waals surface area contributed by atoms with Crippen LogP contribution in [-0.4, -0.2) is 37.9 Å². The molecule has 2 heterocycles. The molecule has 28 heavy (non-hydrogen) atoms. The summed E-state index contributed by atoms with van der Waals surface area (Å²) in [4.78, 5) is 2.17. The summed E-state index contributed by atoms with van der Waals surface area (Å²) >= 11 is 6.40. The minimum absolute atomic E-state index is 0.140. The molecule has 0 aromatic heterocycles. The van der Waals surface area contributed by atoms with E-state index >= 15 is 0 Å². The van der Waals surface area contributed by atoms with Gasteiger partial charge in [-0.05, 0) is 54.4 Å². The summed E-state index contributed by atoms with van der Waals surface area (Å²) in [6.45, 7) is 3.23. The predicted octanol–water partition coefficient (Wildman–Crippen LogP) is 4.47. The standard InChI is InChI=1S/C20H20ClF3N2O2/c21-16-4-3-14(20(22,23)24)11-15(16)19(26-8-1-6-25-7-9-26)13-2-5-17-18(10-13)28-12-27-17/h2-5,10-11,19,25H,1,6-9,12H2. The van der Waals surface area contributed by atoms with Gasteiger partial charge in [-0.1, -0.05) is 17.7 Å². The fourth-order valence-electron chi connectivity index (χ4n) is 3.72. The van der Waals surface area contributed by atoms with E-state index in [0.717, 1.165) is 43.8 Å².